The molecule has 206 valence electrons. The van der Waals surface area contributed by atoms with Crippen molar-refractivity contribution in [2.75, 3.05) is 6.61 Å². The van der Waals surface area contributed by atoms with Crippen molar-refractivity contribution in [2.45, 2.75) is 50.7 Å². The Balaban J connectivity index is 1.45. The lowest BCUT2D eigenvalue weighted by atomic mass is 10.0. The van der Waals surface area contributed by atoms with E-state index in [2.05, 4.69) is 5.32 Å². The van der Waals surface area contributed by atoms with Crippen molar-refractivity contribution in [3.05, 3.63) is 112 Å². The predicted molar refractivity (Wildman–Crippen MR) is 161 cm³/mol. The summed E-state index contributed by atoms with van der Waals surface area (Å²) in [5, 5.41) is 6.00. The zero-order chi connectivity index (χ0) is 27.9. The third-order valence-electron chi connectivity index (χ3n) is 7.41. The molecule has 0 aliphatic heterocycles. The lowest BCUT2D eigenvalue weighted by Crippen LogP contribution is -2.53. The normalized spacial score (nSPS) is 14.2. The average Bonchev–Trinajstić information content (AvgIpc) is 3.49. The fraction of sp³-hybridized carbons (Fsp3) is 0.273. The van der Waals surface area contributed by atoms with Gasteiger partial charge in [-0.3, -0.25) is 9.59 Å². The van der Waals surface area contributed by atoms with E-state index < -0.39 is 6.04 Å². The second kappa shape index (κ2) is 13.2. The maximum absolute atomic E-state index is 13.9. The van der Waals surface area contributed by atoms with Crippen LogP contribution in [0.5, 0.6) is 5.75 Å². The number of fused-ring (bicyclic) bond motifs is 1. The molecule has 4 aromatic rings. The first-order valence-electron chi connectivity index (χ1n) is 13.7. The number of carbonyl (C=O) groups excluding carboxylic acids is 2. The van der Waals surface area contributed by atoms with Gasteiger partial charge in [-0.15, -0.1) is 0 Å². The lowest BCUT2D eigenvalue weighted by molar-refractivity contribution is -0.143. The minimum absolute atomic E-state index is 0.125. The van der Waals surface area contributed by atoms with Crippen LogP contribution in [0.25, 0.3) is 10.8 Å². The SMILES string of the molecule is O=C(NC1CCCC1)C(Cc1ccccc1)N(Cc1ccc(Cl)c(Cl)c1)C(=O)COc1cccc2ccccc12. The van der Waals surface area contributed by atoms with Gasteiger partial charge in [-0.25, -0.2) is 0 Å². The molecule has 0 aromatic heterocycles. The van der Waals surface area contributed by atoms with Crippen molar-refractivity contribution in [3.8, 4) is 5.75 Å². The number of halogens is 2. The summed E-state index contributed by atoms with van der Waals surface area (Å²) >= 11 is 12.5. The van der Waals surface area contributed by atoms with Gasteiger partial charge in [0.05, 0.1) is 10.0 Å². The fourth-order valence-corrected chi connectivity index (χ4v) is 5.62. The smallest absolute Gasteiger partial charge is 0.261 e. The summed E-state index contributed by atoms with van der Waals surface area (Å²) in [5.41, 5.74) is 1.75. The van der Waals surface area contributed by atoms with E-state index >= 15 is 0 Å². The number of hydrogen-bond donors (Lipinski definition) is 1. The molecule has 5 rings (SSSR count). The molecule has 1 saturated carbocycles. The Bertz CT molecular complexity index is 1470. The molecule has 1 atom stereocenters. The van der Waals surface area contributed by atoms with Crippen molar-refractivity contribution in [3.63, 3.8) is 0 Å². The molecule has 2 amide bonds. The molecule has 1 aliphatic rings. The Morgan fingerprint density at radius 1 is 0.850 bits per heavy atom. The molecule has 40 heavy (non-hydrogen) atoms. The van der Waals surface area contributed by atoms with E-state index in [9.17, 15) is 9.59 Å². The number of hydrogen-bond acceptors (Lipinski definition) is 3. The van der Waals surface area contributed by atoms with Crippen LogP contribution in [0.1, 0.15) is 36.8 Å². The quantitative estimate of drug-likeness (QED) is 0.217. The van der Waals surface area contributed by atoms with E-state index in [1.807, 2.05) is 78.9 Å². The fourth-order valence-electron chi connectivity index (χ4n) is 5.30. The number of benzene rings is 4. The first-order valence-corrected chi connectivity index (χ1v) is 14.4. The van der Waals surface area contributed by atoms with Gasteiger partial charge < -0.3 is 15.0 Å². The van der Waals surface area contributed by atoms with Gasteiger partial charge in [0, 0.05) is 24.4 Å². The topological polar surface area (TPSA) is 58.6 Å². The first-order chi connectivity index (χ1) is 19.5. The Morgan fingerprint density at radius 2 is 1.57 bits per heavy atom. The molecule has 5 nitrogen and oxygen atoms in total. The Labute approximate surface area is 245 Å². The van der Waals surface area contributed by atoms with E-state index in [0.717, 1.165) is 47.6 Å². The van der Waals surface area contributed by atoms with E-state index in [1.165, 1.54) is 0 Å². The number of amides is 2. The standard InChI is InChI=1S/C33H32Cl2N2O3/c34-28-18-17-24(19-29(28)35)21-37(32(38)22-40-31-16-8-12-25-11-4-7-15-27(25)31)30(20-23-9-2-1-3-10-23)33(39)36-26-13-5-6-14-26/h1-4,7-12,15-19,26,30H,5-6,13-14,20-22H2,(H,36,39). The van der Waals surface area contributed by atoms with Crippen molar-refractivity contribution in [1.29, 1.82) is 0 Å². The van der Waals surface area contributed by atoms with Gasteiger partial charge in [0.2, 0.25) is 5.91 Å². The minimum atomic E-state index is -0.735. The van der Waals surface area contributed by atoms with E-state index in [-0.39, 0.29) is 31.0 Å². The number of rotatable bonds is 10. The second-order valence-electron chi connectivity index (χ2n) is 10.2. The van der Waals surface area contributed by atoms with Crippen molar-refractivity contribution in [1.82, 2.24) is 10.2 Å². The van der Waals surface area contributed by atoms with Crippen LogP contribution in [-0.4, -0.2) is 35.4 Å². The summed E-state index contributed by atoms with van der Waals surface area (Å²) in [4.78, 5) is 29.4. The highest BCUT2D eigenvalue weighted by molar-refractivity contribution is 6.42. The van der Waals surface area contributed by atoms with Gasteiger partial charge in [-0.2, -0.15) is 0 Å². The Morgan fingerprint density at radius 3 is 2.35 bits per heavy atom. The summed E-state index contributed by atoms with van der Waals surface area (Å²) in [6, 6.07) is 28.1. The largest absolute Gasteiger partial charge is 0.483 e. The molecule has 0 radical (unpaired) electrons. The molecule has 0 bridgehead atoms. The summed E-state index contributed by atoms with van der Waals surface area (Å²) < 4.78 is 6.09. The van der Waals surface area contributed by atoms with Crippen molar-refractivity contribution >= 4 is 45.8 Å². The third kappa shape index (κ3) is 6.96. The van der Waals surface area contributed by atoms with Gasteiger partial charge >= 0.3 is 0 Å². The number of ether oxygens (including phenoxy) is 1. The molecule has 1 N–H and O–H groups in total. The van der Waals surface area contributed by atoms with Crippen LogP contribution in [0.15, 0.2) is 91.0 Å². The molecule has 1 fully saturated rings. The highest BCUT2D eigenvalue weighted by atomic mass is 35.5. The van der Waals surface area contributed by atoms with Crippen LogP contribution in [0.2, 0.25) is 10.0 Å². The van der Waals surface area contributed by atoms with Gasteiger partial charge in [0.1, 0.15) is 11.8 Å². The average molecular weight is 576 g/mol. The summed E-state index contributed by atoms with van der Waals surface area (Å²) in [6.45, 7) is -0.0263. The zero-order valence-corrected chi connectivity index (χ0v) is 23.7. The number of nitrogens with zero attached hydrogens (tertiary/aromatic N) is 1. The third-order valence-corrected chi connectivity index (χ3v) is 8.15. The maximum atomic E-state index is 13.9. The highest BCUT2D eigenvalue weighted by Gasteiger charge is 2.32. The molecule has 1 unspecified atom stereocenters. The lowest BCUT2D eigenvalue weighted by Gasteiger charge is -2.32. The van der Waals surface area contributed by atoms with E-state index in [4.69, 9.17) is 27.9 Å². The predicted octanol–water partition coefficient (Wildman–Crippen LogP) is 7.22. The summed E-state index contributed by atoms with van der Waals surface area (Å²) in [5.74, 6) is 0.173. The van der Waals surface area contributed by atoms with E-state index in [1.54, 1.807) is 17.0 Å². The number of nitrogens with one attached hydrogen (secondary N) is 1. The van der Waals surface area contributed by atoms with Crippen molar-refractivity contribution in [2.24, 2.45) is 0 Å². The molecule has 0 saturated heterocycles. The van der Waals surface area contributed by atoms with Gasteiger partial charge in [0.15, 0.2) is 6.61 Å². The molecule has 0 heterocycles. The van der Waals surface area contributed by atoms with Gasteiger partial charge in [-0.05, 0) is 47.6 Å². The minimum Gasteiger partial charge on any atom is -0.483 e. The van der Waals surface area contributed by atoms with Crippen LogP contribution in [0, 0.1) is 0 Å². The number of carbonyl (C=O) groups is 2. The maximum Gasteiger partial charge on any atom is 0.261 e. The van der Waals surface area contributed by atoms with Crippen LogP contribution >= 0.6 is 23.2 Å². The summed E-state index contributed by atoms with van der Waals surface area (Å²) in [7, 11) is 0. The van der Waals surface area contributed by atoms with Gasteiger partial charge in [0.25, 0.3) is 5.91 Å². The van der Waals surface area contributed by atoms with Crippen LogP contribution in [0.4, 0.5) is 0 Å². The van der Waals surface area contributed by atoms with Crippen LogP contribution in [0.3, 0.4) is 0 Å². The summed E-state index contributed by atoms with van der Waals surface area (Å²) in [6.07, 6.45) is 4.47. The molecule has 1 aliphatic carbocycles. The molecule has 7 heteroatoms. The molecular formula is C33H32Cl2N2O3. The van der Waals surface area contributed by atoms with Crippen molar-refractivity contribution < 1.29 is 14.3 Å². The Kier molecular flexibility index (Phi) is 9.25. The van der Waals surface area contributed by atoms with E-state index in [0.29, 0.717) is 22.2 Å². The zero-order valence-electron chi connectivity index (χ0n) is 22.2. The Hall–Kier alpha value is -3.54. The van der Waals surface area contributed by atoms with Gasteiger partial charge in [-0.1, -0.05) is 109 Å². The molecule has 4 aromatic carbocycles. The monoisotopic (exact) mass is 574 g/mol. The highest BCUT2D eigenvalue weighted by Crippen LogP contribution is 2.27. The first kappa shape index (κ1) is 28.0. The molecular weight excluding hydrogens is 543 g/mol. The van der Waals surface area contributed by atoms with Crippen LogP contribution < -0.4 is 10.1 Å². The van der Waals surface area contributed by atoms with Crippen LogP contribution in [-0.2, 0) is 22.6 Å². The molecule has 0 spiro atoms. The second-order valence-corrected chi connectivity index (χ2v) is 11.0.